The van der Waals surface area contributed by atoms with Crippen LogP contribution in [0.2, 0.25) is 0 Å². The zero-order valence-corrected chi connectivity index (χ0v) is 13.7. The lowest BCUT2D eigenvalue weighted by Gasteiger charge is -2.25. The number of rotatable bonds is 5. The lowest BCUT2D eigenvalue weighted by atomic mass is 9.85. The van der Waals surface area contributed by atoms with E-state index in [1.807, 2.05) is 0 Å². The van der Waals surface area contributed by atoms with Crippen molar-refractivity contribution in [1.82, 2.24) is 0 Å². The molecule has 0 nitrogen and oxygen atoms in total. The first-order valence-corrected chi connectivity index (χ1v) is 8.46. The van der Waals surface area contributed by atoms with Crippen LogP contribution in [-0.2, 0) is 18.3 Å². The molecule has 0 spiro atoms. The van der Waals surface area contributed by atoms with Gasteiger partial charge in [-0.3, -0.25) is 0 Å². The number of halogens is 1. The van der Waals surface area contributed by atoms with Gasteiger partial charge in [-0.1, -0.05) is 62.4 Å². The minimum absolute atomic E-state index is 0.0846. The molecule has 1 aliphatic rings. The second-order valence-corrected chi connectivity index (χ2v) is 6.56. The van der Waals surface area contributed by atoms with Gasteiger partial charge in [-0.15, -0.1) is 11.6 Å². The molecule has 0 bridgehead atoms. The largest absolute Gasteiger partial charge is 0.117 e. The van der Waals surface area contributed by atoms with Gasteiger partial charge in [0.05, 0.1) is 5.38 Å². The summed E-state index contributed by atoms with van der Waals surface area (Å²) in [5.74, 6) is 0. The van der Waals surface area contributed by atoms with Gasteiger partial charge in [0.2, 0.25) is 0 Å². The Morgan fingerprint density at radius 3 is 2.29 bits per heavy atom. The molecular formula is C20H23Cl. The molecule has 0 saturated heterocycles. The van der Waals surface area contributed by atoms with E-state index in [2.05, 4.69) is 62.4 Å². The molecule has 1 fully saturated rings. The smallest absolute Gasteiger partial charge is 0.0684 e. The van der Waals surface area contributed by atoms with Crippen molar-refractivity contribution >= 4 is 11.6 Å². The lowest BCUT2D eigenvalue weighted by molar-refractivity contribution is 0.656. The maximum atomic E-state index is 7.01. The topological polar surface area (TPSA) is 0 Å². The Hall–Kier alpha value is -1.27. The van der Waals surface area contributed by atoms with Crippen molar-refractivity contribution in [3.8, 4) is 0 Å². The van der Waals surface area contributed by atoms with Crippen molar-refractivity contribution in [1.29, 1.82) is 0 Å². The van der Waals surface area contributed by atoms with Crippen LogP contribution in [0.15, 0.2) is 48.5 Å². The van der Waals surface area contributed by atoms with Crippen LogP contribution in [0.1, 0.15) is 54.3 Å². The van der Waals surface area contributed by atoms with Crippen LogP contribution in [0.25, 0.3) is 0 Å². The second kappa shape index (κ2) is 5.85. The fourth-order valence-electron chi connectivity index (χ4n) is 3.31. The van der Waals surface area contributed by atoms with Crippen LogP contribution in [0.5, 0.6) is 0 Å². The molecule has 0 N–H and O–H groups in total. The third-order valence-corrected chi connectivity index (χ3v) is 5.55. The van der Waals surface area contributed by atoms with E-state index >= 15 is 0 Å². The highest BCUT2D eigenvalue weighted by Crippen LogP contribution is 2.59. The third kappa shape index (κ3) is 2.62. The van der Waals surface area contributed by atoms with Gasteiger partial charge in [-0.25, -0.2) is 0 Å². The van der Waals surface area contributed by atoms with Crippen molar-refractivity contribution in [3.05, 3.63) is 70.8 Å². The predicted octanol–water partition coefficient (Wildman–Crippen LogP) is 5.82. The molecule has 1 aliphatic carbocycles. The zero-order chi connectivity index (χ0) is 14.9. The monoisotopic (exact) mass is 298 g/mol. The Morgan fingerprint density at radius 2 is 1.71 bits per heavy atom. The summed E-state index contributed by atoms with van der Waals surface area (Å²) in [6.45, 7) is 4.42. The van der Waals surface area contributed by atoms with Gasteiger partial charge in [-0.05, 0) is 47.9 Å². The number of alkyl halides is 1. The fraction of sp³-hybridized carbons (Fsp3) is 0.400. The second-order valence-electron chi connectivity index (χ2n) is 6.12. The summed E-state index contributed by atoms with van der Waals surface area (Å²) < 4.78 is 0. The molecule has 0 radical (unpaired) electrons. The van der Waals surface area contributed by atoms with Crippen LogP contribution in [0, 0.1) is 0 Å². The molecule has 1 heteroatoms. The molecule has 1 atom stereocenters. The molecule has 2 aromatic rings. The number of hydrogen-bond donors (Lipinski definition) is 0. The molecule has 110 valence electrons. The first kappa shape index (κ1) is 14.7. The molecule has 21 heavy (non-hydrogen) atoms. The van der Waals surface area contributed by atoms with E-state index in [1.54, 1.807) is 0 Å². The Balaban J connectivity index is 2.00. The van der Waals surface area contributed by atoms with Crippen molar-refractivity contribution in [2.75, 3.05) is 0 Å². The highest BCUT2D eigenvalue weighted by atomic mass is 35.5. The molecular weight excluding hydrogens is 276 g/mol. The average molecular weight is 299 g/mol. The Bertz CT molecular complexity index is 611. The highest BCUT2D eigenvalue weighted by molar-refractivity contribution is 6.22. The summed E-state index contributed by atoms with van der Waals surface area (Å²) in [5, 5.41) is 0.0846. The Kier molecular flexibility index (Phi) is 4.08. The quantitative estimate of drug-likeness (QED) is 0.610. The van der Waals surface area contributed by atoms with Gasteiger partial charge in [-0.2, -0.15) is 0 Å². The number of aryl methyl sites for hydroxylation is 2. The van der Waals surface area contributed by atoms with E-state index in [0.29, 0.717) is 0 Å². The molecule has 0 amide bonds. The number of hydrogen-bond acceptors (Lipinski definition) is 0. The first-order chi connectivity index (χ1) is 10.2. The first-order valence-electron chi connectivity index (χ1n) is 8.02. The summed E-state index contributed by atoms with van der Waals surface area (Å²) in [7, 11) is 0. The van der Waals surface area contributed by atoms with Crippen molar-refractivity contribution in [3.63, 3.8) is 0 Å². The predicted molar refractivity (Wildman–Crippen MR) is 91.1 cm³/mol. The molecule has 0 heterocycles. The molecule has 3 rings (SSSR count). The molecule has 0 aliphatic heterocycles. The van der Waals surface area contributed by atoms with Gasteiger partial charge < -0.3 is 0 Å². The van der Waals surface area contributed by atoms with Crippen LogP contribution < -0.4 is 0 Å². The summed E-state index contributed by atoms with van der Waals surface area (Å²) >= 11 is 7.01. The van der Waals surface area contributed by atoms with Crippen molar-refractivity contribution in [2.24, 2.45) is 0 Å². The standard InChI is InChI=1S/C20H23Cl/c1-3-15-10-11-16(4-2)18(14-15)19(21)20(12-13-20)17-8-6-5-7-9-17/h5-11,14,19H,3-4,12-13H2,1-2H3. The van der Waals surface area contributed by atoms with Gasteiger partial charge in [0.25, 0.3) is 0 Å². The van der Waals surface area contributed by atoms with Crippen molar-refractivity contribution < 1.29 is 0 Å². The minimum atomic E-state index is 0.0846. The van der Waals surface area contributed by atoms with Crippen LogP contribution in [-0.4, -0.2) is 0 Å². The van der Waals surface area contributed by atoms with E-state index < -0.39 is 0 Å². The maximum absolute atomic E-state index is 7.01. The van der Waals surface area contributed by atoms with Gasteiger partial charge in [0, 0.05) is 5.41 Å². The van der Waals surface area contributed by atoms with Crippen LogP contribution in [0.4, 0.5) is 0 Å². The average Bonchev–Trinajstić information content (AvgIpc) is 3.36. The molecule has 0 aromatic heterocycles. The van der Waals surface area contributed by atoms with E-state index in [-0.39, 0.29) is 10.8 Å². The van der Waals surface area contributed by atoms with E-state index in [1.165, 1.54) is 35.1 Å². The number of benzene rings is 2. The van der Waals surface area contributed by atoms with Gasteiger partial charge >= 0.3 is 0 Å². The zero-order valence-electron chi connectivity index (χ0n) is 12.9. The normalized spacial score (nSPS) is 17.5. The summed E-state index contributed by atoms with van der Waals surface area (Å²) in [6, 6.07) is 17.6. The van der Waals surface area contributed by atoms with Crippen LogP contribution >= 0.6 is 11.6 Å². The maximum Gasteiger partial charge on any atom is 0.0684 e. The molecule has 1 unspecified atom stereocenters. The molecule has 2 aromatic carbocycles. The Morgan fingerprint density at radius 1 is 1.00 bits per heavy atom. The molecule has 1 saturated carbocycles. The highest BCUT2D eigenvalue weighted by Gasteiger charge is 2.50. The summed E-state index contributed by atoms with van der Waals surface area (Å²) in [6.07, 6.45) is 4.52. The Labute approximate surface area is 133 Å². The van der Waals surface area contributed by atoms with E-state index in [0.717, 1.165) is 12.8 Å². The fourth-order valence-corrected chi connectivity index (χ4v) is 3.86. The van der Waals surface area contributed by atoms with E-state index in [9.17, 15) is 0 Å². The third-order valence-electron chi connectivity index (χ3n) is 4.90. The minimum Gasteiger partial charge on any atom is -0.117 e. The summed E-state index contributed by atoms with van der Waals surface area (Å²) in [5.41, 5.74) is 5.68. The summed E-state index contributed by atoms with van der Waals surface area (Å²) in [4.78, 5) is 0. The van der Waals surface area contributed by atoms with E-state index in [4.69, 9.17) is 11.6 Å². The van der Waals surface area contributed by atoms with Gasteiger partial charge in [0.1, 0.15) is 0 Å². The lowest BCUT2D eigenvalue weighted by Crippen LogP contribution is -2.15. The van der Waals surface area contributed by atoms with Gasteiger partial charge in [0.15, 0.2) is 0 Å². The van der Waals surface area contributed by atoms with Crippen LogP contribution in [0.3, 0.4) is 0 Å². The SMILES string of the molecule is CCc1ccc(CC)c(C(Cl)C2(c3ccccc3)CC2)c1. The van der Waals surface area contributed by atoms with Crippen molar-refractivity contribution in [2.45, 2.75) is 50.3 Å².